The van der Waals surface area contributed by atoms with Crippen LogP contribution in [0.1, 0.15) is 37.7 Å². The Labute approximate surface area is 158 Å². The number of ether oxygens (including phenoxy) is 1. The second kappa shape index (κ2) is 8.05. The quantitative estimate of drug-likeness (QED) is 0.817. The number of nitrogens with one attached hydrogen (secondary N) is 2. The highest BCUT2D eigenvalue weighted by molar-refractivity contribution is 5.76. The van der Waals surface area contributed by atoms with E-state index in [1.54, 1.807) is 24.4 Å². The molecule has 4 rings (SSSR count). The summed E-state index contributed by atoms with van der Waals surface area (Å²) < 4.78 is 18.7. The van der Waals surface area contributed by atoms with Crippen LogP contribution in [0.3, 0.4) is 0 Å². The molecule has 1 aromatic carbocycles. The average molecular weight is 369 g/mol. The number of benzene rings is 1. The van der Waals surface area contributed by atoms with Gasteiger partial charge < -0.3 is 15.4 Å². The molecule has 2 saturated heterocycles. The Hall–Kier alpha value is -2.47. The molecule has 1 aromatic heterocycles. The van der Waals surface area contributed by atoms with Gasteiger partial charge in [-0.05, 0) is 49.3 Å². The Morgan fingerprint density at radius 3 is 2.74 bits per heavy atom. The van der Waals surface area contributed by atoms with Gasteiger partial charge in [-0.15, -0.1) is 0 Å². The Bertz CT molecular complexity index is 784. The average Bonchev–Trinajstić information content (AvgIpc) is 2.99. The first-order valence-corrected chi connectivity index (χ1v) is 9.55. The highest BCUT2D eigenvalue weighted by Gasteiger charge is 2.34. The first kappa shape index (κ1) is 17.9. The molecule has 5 nitrogen and oxygen atoms in total. The molecule has 2 bridgehead atoms. The molecule has 0 radical (unpaired) electrons. The first-order chi connectivity index (χ1) is 13.1. The number of amides is 1. The molecule has 2 N–H and O–H groups in total. The topological polar surface area (TPSA) is 63.2 Å². The van der Waals surface area contributed by atoms with Crippen LogP contribution in [0.2, 0.25) is 0 Å². The fraction of sp³-hybridized carbons (Fsp3) is 0.429. The lowest BCUT2D eigenvalue weighted by atomic mass is 9.89. The maximum atomic E-state index is 13.2. The van der Waals surface area contributed by atoms with E-state index in [9.17, 15) is 9.18 Å². The normalized spacial score (nSPS) is 23.8. The van der Waals surface area contributed by atoms with Crippen LogP contribution in [-0.2, 0) is 11.3 Å². The predicted molar refractivity (Wildman–Crippen MR) is 99.8 cm³/mol. The van der Waals surface area contributed by atoms with Crippen LogP contribution in [0, 0.1) is 11.7 Å². The zero-order valence-electron chi connectivity index (χ0n) is 15.2. The van der Waals surface area contributed by atoms with Crippen LogP contribution < -0.4 is 15.4 Å². The number of carbonyl (C=O) groups is 1. The van der Waals surface area contributed by atoms with E-state index >= 15 is 0 Å². The van der Waals surface area contributed by atoms with Gasteiger partial charge in [0.15, 0.2) is 0 Å². The van der Waals surface area contributed by atoms with Gasteiger partial charge in [0.2, 0.25) is 11.8 Å². The van der Waals surface area contributed by atoms with Crippen LogP contribution in [0.4, 0.5) is 4.39 Å². The zero-order chi connectivity index (χ0) is 18.6. The summed E-state index contributed by atoms with van der Waals surface area (Å²) in [6, 6.07) is 10.7. The predicted octanol–water partition coefficient (Wildman–Crippen LogP) is 3.55. The van der Waals surface area contributed by atoms with E-state index in [-0.39, 0.29) is 11.7 Å². The fourth-order valence-corrected chi connectivity index (χ4v) is 4.10. The van der Waals surface area contributed by atoms with Crippen molar-refractivity contribution in [1.82, 2.24) is 15.6 Å². The second-order valence-corrected chi connectivity index (χ2v) is 7.52. The summed E-state index contributed by atoms with van der Waals surface area (Å²) in [5.74, 6) is 1.03. The summed E-state index contributed by atoms with van der Waals surface area (Å²) in [5.41, 5.74) is 0.903. The molecule has 2 fully saturated rings. The van der Waals surface area contributed by atoms with Crippen LogP contribution in [0.5, 0.6) is 11.6 Å². The Morgan fingerprint density at radius 2 is 2.04 bits per heavy atom. The molecule has 142 valence electrons. The van der Waals surface area contributed by atoms with Crippen molar-refractivity contribution in [3.8, 4) is 11.6 Å². The lowest BCUT2D eigenvalue weighted by Crippen LogP contribution is -2.39. The van der Waals surface area contributed by atoms with Gasteiger partial charge in [-0.25, -0.2) is 9.37 Å². The van der Waals surface area contributed by atoms with Gasteiger partial charge >= 0.3 is 0 Å². The number of nitrogens with zero attached hydrogens (tertiary/aromatic N) is 1. The van der Waals surface area contributed by atoms with Crippen molar-refractivity contribution in [2.45, 2.75) is 50.7 Å². The molecule has 2 aliphatic rings. The molecule has 6 heteroatoms. The van der Waals surface area contributed by atoms with Gasteiger partial charge in [-0.1, -0.05) is 12.1 Å². The van der Waals surface area contributed by atoms with Gasteiger partial charge in [0.25, 0.3) is 0 Å². The van der Waals surface area contributed by atoms with Crippen LogP contribution in [0.15, 0.2) is 42.6 Å². The van der Waals surface area contributed by atoms with Gasteiger partial charge in [0.05, 0.1) is 0 Å². The van der Waals surface area contributed by atoms with Crippen molar-refractivity contribution in [2.24, 2.45) is 5.92 Å². The molecule has 0 aliphatic carbocycles. The van der Waals surface area contributed by atoms with Crippen LogP contribution >= 0.6 is 0 Å². The molecule has 27 heavy (non-hydrogen) atoms. The fourth-order valence-electron chi connectivity index (χ4n) is 4.10. The molecule has 3 heterocycles. The first-order valence-electron chi connectivity index (χ1n) is 9.55. The van der Waals surface area contributed by atoms with Crippen molar-refractivity contribution >= 4 is 5.91 Å². The van der Waals surface area contributed by atoms with E-state index in [1.165, 1.54) is 25.0 Å². The summed E-state index contributed by atoms with van der Waals surface area (Å²) in [6.45, 7) is 0.448. The Kier molecular flexibility index (Phi) is 5.34. The molecule has 2 unspecified atom stereocenters. The van der Waals surface area contributed by atoms with E-state index in [1.807, 2.05) is 6.07 Å². The highest BCUT2D eigenvalue weighted by atomic mass is 19.1. The third kappa shape index (κ3) is 4.83. The number of halogens is 1. The van der Waals surface area contributed by atoms with Crippen molar-refractivity contribution in [2.75, 3.05) is 0 Å². The van der Waals surface area contributed by atoms with Crippen molar-refractivity contribution in [3.05, 3.63) is 54.0 Å². The molecule has 2 atom stereocenters. The smallest absolute Gasteiger partial charge is 0.220 e. The summed E-state index contributed by atoms with van der Waals surface area (Å²) in [7, 11) is 0. The van der Waals surface area contributed by atoms with Gasteiger partial charge in [0.1, 0.15) is 11.6 Å². The maximum Gasteiger partial charge on any atom is 0.220 e. The SMILES string of the molecule is O=C(CC1CC2CCC(C1)N2)NCc1ccc(Oc2cccc(F)c2)nc1. The minimum atomic E-state index is -0.353. The largest absolute Gasteiger partial charge is 0.439 e. The minimum Gasteiger partial charge on any atom is -0.439 e. The number of rotatable bonds is 6. The van der Waals surface area contributed by atoms with Crippen molar-refractivity contribution in [1.29, 1.82) is 0 Å². The molecular weight excluding hydrogens is 345 g/mol. The maximum absolute atomic E-state index is 13.2. The summed E-state index contributed by atoms with van der Waals surface area (Å²) in [4.78, 5) is 16.5. The van der Waals surface area contributed by atoms with E-state index < -0.39 is 0 Å². The van der Waals surface area contributed by atoms with Crippen LogP contribution in [0.25, 0.3) is 0 Å². The molecule has 2 aromatic rings. The Morgan fingerprint density at radius 1 is 1.22 bits per heavy atom. The van der Waals surface area contributed by atoms with Gasteiger partial charge in [-0.3, -0.25) is 4.79 Å². The van der Waals surface area contributed by atoms with Gasteiger partial charge in [0, 0.05) is 43.4 Å². The number of hydrogen-bond acceptors (Lipinski definition) is 4. The minimum absolute atomic E-state index is 0.0985. The number of hydrogen-bond donors (Lipinski definition) is 2. The molecule has 0 saturated carbocycles. The van der Waals surface area contributed by atoms with E-state index in [0.29, 0.717) is 42.6 Å². The number of piperidine rings is 1. The third-order valence-corrected chi connectivity index (χ3v) is 5.35. The second-order valence-electron chi connectivity index (χ2n) is 7.52. The third-order valence-electron chi connectivity index (χ3n) is 5.35. The summed E-state index contributed by atoms with van der Waals surface area (Å²) in [6.07, 6.45) is 6.98. The number of aromatic nitrogens is 1. The van der Waals surface area contributed by atoms with Gasteiger partial charge in [-0.2, -0.15) is 0 Å². The molecule has 1 amide bonds. The number of carbonyl (C=O) groups excluding carboxylic acids is 1. The monoisotopic (exact) mass is 369 g/mol. The molecular formula is C21H24FN3O2. The van der Waals surface area contributed by atoms with Crippen molar-refractivity contribution in [3.63, 3.8) is 0 Å². The standard InChI is InChI=1S/C21H24FN3O2/c22-16-2-1-3-19(11-16)27-21-7-4-14(13-24-21)12-23-20(26)10-15-8-17-5-6-18(9-15)25-17/h1-4,7,11,13,15,17-18,25H,5-6,8-10,12H2,(H,23,26). The lowest BCUT2D eigenvalue weighted by Gasteiger charge is -2.28. The zero-order valence-corrected chi connectivity index (χ0v) is 15.2. The number of fused-ring (bicyclic) bond motifs is 2. The summed E-state index contributed by atoms with van der Waals surface area (Å²) >= 11 is 0. The van der Waals surface area contributed by atoms with E-state index in [0.717, 1.165) is 18.4 Å². The van der Waals surface area contributed by atoms with Crippen LogP contribution in [-0.4, -0.2) is 23.0 Å². The summed E-state index contributed by atoms with van der Waals surface area (Å²) in [5, 5.41) is 6.59. The van der Waals surface area contributed by atoms with E-state index in [2.05, 4.69) is 15.6 Å². The number of pyridine rings is 1. The molecule has 0 spiro atoms. The lowest BCUT2D eigenvalue weighted by molar-refractivity contribution is -0.122. The molecule has 2 aliphatic heterocycles. The Balaban J connectivity index is 1.24. The van der Waals surface area contributed by atoms with Crippen molar-refractivity contribution < 1.29 is 13.9 Å². The highest BCUT2D eigenvalue weighted by Crippen LogP contribution is 2.32. The van der Waals surface area contributed by atoms with E-state index in [4.69, 9.17) is 4.74 Å².